The molecule has 0 saturated carbocycles. The molecular formula is C24H22N2O. The summed E-state index contributed by atoms with van der Waals surface area (Å²) >= 11 is 0. The summed E-state index contributed by atoms with van der Waals surface area (Å²) in [6.45, 7) is 2.02. The van der Waals surface area contributed by atoms with Crippen molar-refractivity contribution in [3.8, 4) is 11.1 Å². The molecule has 3 nitrogen and oxygen atoms in total. The van der Waals surface area contributed by atoms with Gasteiger partial charge in [-0.15, -0.1) is 0 Å². The Hall–Kier alpha value is -3.33. The van der Waals surface area contributed by atoms with Gasteiger partial charge in [0.15, 0.2) is 0 Å². The van der Waals surface area contributed by atoms with Gasteiger partial charge >= 0.3 is 0 Å². The summed E-state index contributed by atoms with van der Waals surface area (Å²) in [5.74, 6) is 0.0272. The predicted molar refractivity (Wildman–Crippen MR) is 110 cm³/mol. The Balaban J connectivity index is 1.42. The van der Waals surface area contributed by atoms with Crippen LogP contribution in [0.1, 0.15) is 24.1 Å². The molecule has 1 heterocycles. The quantitative estimate of drug-likeness (QED) is 0.505. The van der Waals surface area contributed by atoms with Gasteiger partial charge in [0, 0.05) is 17.1 Å². The minimum Gasteiger partial charge on any atom is -0.361 e. The highest BCUT2D eigenvalue weighted by atomic mass is 16.1. The zero-order valence-electron chi connectivity index (χ0n) is 15.3. The zero-order chi connectivity index (χ0) is 18.6. The lowest BCUT2D eigenvalue weighted by Crippen LogP contribution is -2.28. The van der Waals surface area contributed by atoms with E-state index in [1.807, 2.05) is 55.6 Å². The molecule has 1 aromatic heterocycles. The highest BCUT2D eigenvalue weighted by Crippen LogP contribution is 2.22. The number of para-hydroxylation sites is 1. The molecule has 4 rings (SSSR count). The maximum absolute atomic E-state index is 12.5. The smallest absolute Gasteiger partial charge is 0.224 e. The minimum atomic E-state index is -0.0347. The van der Waals surface area contributed by atoms with Gasteiger partial charge in [0.05, 0.1) is 12.5 Å². The third kappa shape index (κ3) is 3.77. The van der Waals surface area contributed by atoms with Gasteiger partial charge in [-0.3, -0.25) is 4.79 Å². The Morgan fingerprint density at radius 2 is 1.56 bits per heavy atom. The van der Waals surface area contributed by atoms with E-state index in [1.54, 1.807) is 0 Å². The molecule has 1 atom stereocenters. The van der Waals surface area contributed by atoms with Crippen LogP contribution in [-0.2, 0) is 11.2 Å². The Morgan fingerprint density at radius 1 is 0.889 bits per heavy atom. The first-order chi connectivity index (χ1) is 13.2. The molecule has 2 N–H and O–H groups in total. The lowest BCUT2D eigenvalue weighted by molar-refractivity contribution is -0.121. The van der Waals surface area contributed by atoms with E-state index in [0.29, 0.717) is 6.42 Å². The van der Waals surface area contributed by atoms with Crippen molar-refractivity contribution in [1.29, 1.82) is 0 Å². The predicted octanol–water partition coefficient (Wildman–Crippen LogP) is 5.25. The second kappa shape index (κ2) is 7.50. The summed E-state index contributed by atoms with van der Waals surface area (Å²) in [6.07, 6.45) is 2.29. The lowest BCUT2D eigenvalue weighted by Gasteiger charge is -2.15. The highest BCUT2D eigenvalue weighted by molar-refractivity contribution is 5.89. The highest BCUT2D eigenvalue weighted by Gasteiger charge is 2.12. The van der Waals surface area contributed by atoms with Crippen LogP contribution in [-0.4, -0.2) is 10.9 Å². The normalized spacial score (nSPS) is 12.0. The number of hydrogen-bond acceptors (Lipinski definition) is 1. The molecule has 0 unspecified atom stereocenters. The van der Waals surface area contributed by atoms with Crippen molar-refractivity contribution in [1.82, 2.24) is 10.3 Å². The van der Waals surface area contributed by atoms with E-state index in [1.165, 1.54) is 11.1 Å². The van der Waals surface area contributed by atoms with Crippen LogP contribution in [0.25, 0.3) is 22.0 Å². The van der Waals surface area contributed by atoms with Crippen molar-refractivity contribution in [3.63, 3.8) is 0 Å². The SMILES string of the molecule is C[C@@H](NC(=O)Cc1c[nH]c2ccccc12)c1ccc(-c2ccccc2)cc1. The number of nitrogens with one attached hydrogen (secondary N) is 2. The first-order valence-electron chi connectivity index (χ1n) is 9.20. The van der Waals surface area contributed by atoms with Crippen molar-refractivity contribution < 1.29 is 4.79 Å². The molecule has 0 aliphatic rings. The second-order valence-corrected chi connectivity index (χ2v) is 6.81. The molecule has 0 aliphatic heterocycles. The molecule has 3 aromatic carbocycles. The fourth-order valence-corrected chi connectivity index (χ4v) is 3.42. The number of aromatic nitrogens is 1. The number of rotatable bonds is 5. The Labute approximate surface area is 159 Å². The van der Waals surface area contributed by atoms with E-state index < -0.39 is 0 Å². The number of aromatic amines is 1. The fourth-order valence-electron chi connectivity index (χ4n) is 3.42. The Morgan fingerprint density at radius 3 is 2.33 bits per heavy atom. The van der Waals surface area contributed by atoms with Gasteiger partial charge in [-0.1, -0.05) is 72.8 Å². The third-order valence-corrected chi connectivity index (χ3v) is 4.92. The first-order valence-corrected chi connectivity index (χ1v) is 9.20. The number of carbonyl (C=O) groups is 1. The molecule has 0 aliphatic carbocycles. The largest absolute Gasteiger partial charge is 0.361 e. The summed E-state index contributed by atoms with van der Waals surface area (Å²) in [5.41, 5.74) is 5.55. The molecule has 0 saturated heterocycles. The van der Waals surface area contributed by atoms with Crippen LogP contribution >= 0.6 is 0 Å². The minimum absolute atomic E-state index is 0.0272. The molecule has 3 heteroatoms. The number of benzene rings is 3. The summed E-state index contributed by atoms with van der Waals surface area (Å²) in [4.78, 5) is 15.7. The van der Waals surface area contributed by atoms with Gasteiger partial charge in [-0.2, -0.15) is 0 Å². The third-order valence-electron chi connectivity index (χ3n) is 4.92. The van der Waals surface area contributed by atoms with Gasteiger partial charge < -0.3 is 10.3 Å². The van der Waals surface area contributed by atoms with Crippen LogP contribution in [0.4, 0.5) is 0 Å². The molecule has 1 amide bonds. The number of hydrogen-bond donors (Lipinski definition) is 2. The second-order valence-electron chi connectivity index (χ2n) is 6.81. The van der Waals surface area contributed by atoms with Crippen LogP contribution in [0.2, 0.25) is 0 Å². The van der Waals surface area contributed by atoms with Crippen molar-refractivity contribution in [2.75, 3.05) is 0 Å². The Kier molecular flexibility index (Phi) is 4.75. The zero-order valence-corrected chi connectivity index (χ0v) is 15.3. The van der Waals surface area contributed by atoms with Crippen LogP contribution in [0.15, 0.2) is 85.1 Å². The number of carbonyl (C=O) groups excluding carboxylic acids is 1. The molecule has 0 fully saturated rings. The molecule has 0 radical (unpaired) electrons. The lowest BCUT2D eigenvalue weighted by atomic mass is 10.0. The number of amides is 1. The van der Waals surface area contributed by atoms with E-state index in [2.05, 4.69) is 46.7 Å². The summed E-state index contributed by atoms with van der Waals surface area (Å²) in [7, 11) is 0. The van der Waals surface area contributed by atoms with Gasteiger partial charge in [-0.25, -0.2) is 0 Å². The van der Waals surface area contributed by atoms with Gasteiger partial charge in [0.25, 0.3) is 0 Å². The molecule has 4 aromatic rings. The summed E-state index contributed by atoms with van der Waals surface area (Å²) < 4.78 is 0. The summed E-state index contributed by atoms with van der Waals surface area (Å²) in [6, 6.07) is 26.7. The van der Waals surface area contributed by atoms with Crippen molar-refractivity contribution in [2.24, 2.45) is 0 Å². The first kappa shape index (κ1) is 17.1. The molecule has 27 heavy (non-hydrogen) atoms. The van der Waals surface area contributed by atoms with E-state index in [4.69, 9.17) is 0 Å². The standard InChI is InChI=1S/C24H22N2O/c1-17(18-11-13-20(14-12-18)19-7-3-2-4-8-19)26-24(27)15-21-16-25-23-10-6-5-9-22(21)23/h2-14,16-17,25H,15H2,1H3,(H,26,27)/t17-/m1/s1. The number of H-pyrrole nitrogens is 1. The topological polar surface area (TPSA) is 44.9 Å². The van der Waals surface area contributed by atoms with Crippen molar-refractivity contribution in [3.05, 3.63) is 96.2 Å². The van der Waals surface area contributed by atoms with Crippen LogP contribution in [0.3, 0.4) is 0 Å². The maximum Gasteiger partial charge on any atom is 0.224 e. The average Bonchev–Trinajstić information content (AvgIpc) is 3.11. The van der Waals surface area contributed by atoms with E-state index in [-0.39, 0.29) is 11.9 Å². The monoisotopic (exact) mass is 354 g/mol. The van der Waals surface area contributed by atoms with Crippen LogP contribution in [0, 0.1) is 0 Å². The number of fused-ring (bicyclic) bond motifs is 1. The molecular weight excluding hydrogens is 332 g/mol. The van der Waals surface area contributed by atoms with Gasteiger partial charge in [0.2, 0.25) is 5.91 Å². The van der Waals surface area contributed by atoms with E-state index in [9.17, 15) is 4.79 Å². The fraction of sp³-hybridized carbons (Fsp3) is 0.125. The van der Waals surface area contributed by atoms with E-state index in [0.717, 1.165) is 22.0 Å². The average molecular weight is 354 g/mol. The van der Waals surface area contributed by atoms with Crippen molar-refractivity contribution in [2.45, 2.75) is 19.4 Å². The maximum atomic E-state index is 12.5. The van der Waals surface area contributed by atoms with Crippen LogP contribution < -0.4 is 5.32 Å². The van der Waals surface area contributed by atoms with Crippen molar-refractivity contribution >= 4 is 16.8 Å². The molecule has 0 spiro atoms. The Bertz CT molecular complexity index is 1050. The van der Waals surface area contributed by atoms with Crippen LogP contribution in [0.5, 0.6) is 0 Å². The van der Waals surface area contributed by atoms with Gasteiger partial charge in [-0.05, 0) is 35.2 Å². The van der Waals surface area contributed by atoms with E-state index >= 15 is 0 Å². The molecule has 134 valence electrons. The molecule has 0 bridgehead atoms. The summed E-state index contributed by atoms with van der Waals surface area (Å²) in [5, 5.41) is 4.21. The van der Waals surface area contributed by atoms with Gasteiger partial charge in [0.1, 0.15) is 0 Å².